The van der Waals surface area contributed by atoms with E-state index in [1.165, 1.54) is 0 Å². The molecule has 0 fully saturated rings. The summed E-state index contributed by atoms with van der Waals surface area (Å²) in [5.41, 5.74) is 7.16. The van der Waals surface area contributed by atoms with Gasteiger partial charge in [-0.2, -0.15) is 0 Å². The molecule has 1 aromatic rings. The minimum Gasteiger partial charge on any atom is -0.493 e. The second-order valence-corrected chi connectivity index (χ2v) is 6.11. The van der Waals surface area contributed by atoms with Gasteiger partial charge in [0.25, 0.3) is 0 Å². The number of carbonyl (C=O) groups is 1. The Labute approximate surface area is 127 Å². The van der Waals surface area contributed by atoms with Crippen molar-refractivity contribution in [3.05, 3.63) is 18.2 Å². The maximum atomic E-state index is 11.7. The third kappa shape index (κ3) is 7.44. The molecule has 1 amide bonds. The second-order valence-electron chi connectivity index (χ2n) is 6.11. The van der Waals surface area contributed by atoms with Crippen molar-refractivity contribution in [3.63, 3.8) is 0 Å². The summed E-state index contributed by atoms with van der Waals surface area (Å²) in [6, 6.07) is 5.53. The zero-order valence-corrected chi connectivity index (χ0v) is 13.5. The lowest BCUT2D eigenvalue weighted by Gasteiger charge is -2.20. The summed E-state index contributed by atoms with van der Waals surface area (Å²) >= 11 is 0. The van der Waals surface area contributed by atoms with Gasteiger partial charge < -0.3 is 21.1 Å². The predicted molar refractivity (Wildman–Crippen MR) is 87.6 cm³/mol. The summed E-state index contributed by atoms with van der Waals surface area (Å²) in [6.45, 7) is 9.17. The van der Waals surface area contributed by atoms with Crippen LogP contribution in [0, 0.1) is 0 Å². The standard InChI is InChI=1S/C16H27N3O2/c1-5-8-21-14-10-12(17)9-13(11-14)18-7-6-15(20)19-16(2,3)4/h9-11,18H,5-8,17H2,1-4H3,(H,19,20). The number of hydrogen-bond acceptors (Lipinski definition) is 4. The average molecular weight is 293 g/mol. The third-order valence-electron chi connectivity index (χ3n) is 2.60. The Morgan fingerprint density at radius 1 is 1.29 bits per heavy atom. The highest BCUT2D eigenvalue weighted by Gasteiger charge is 2.13. The number of nitrogens with one attached hydrogen (secondary N) is 2. The lowest BCUT2D eigenvalue weighted by molar-refractivity contribution is -0.122. The van der Waals surface area contributed by atoms with Crippen LogP contribution in [0.25, 0.3) is 0 Å². The molecule has 0 bridgehead atoms. The molecule has 1 aromatic carbocycles. The Bertz CT molecular complexity index is 467. The molecular formula is C16H27N3O2. The van der Waals surface area contributed by atoms with Crippen LogP contribution < -0.4 is 21.1 Å². The average Bonchev–Trinajstić information content (AvgIpc) is 2.33. The molecule has 0 unspecified atom stereocenters. The molecule has 0 aliphatic rings. The molecule has 1 rings (SSSR count). The lowest BCUT2D eigenvalue weighted by Crippen LogP contribution is -2.41. The summed E-state index contributed by atoms with van der Waals surface area (Å²) in [7, 11) is 0. The fourth-order valence-corrected chi connectivity index (χ4v) is 1.83. The van der Waals surface area contributed by atoms with Crippen molar-refractivity contribution < 1.29 is 9.53 Å². The zero-order valence-electron chi connectivity index (χ0n) is 13.5. The fourth-order valence-electron chi connectivity index (χ4n) is 1.83. The van der Waals surface area contributed by atoms with Gasteiger partial charge in [0.05, 0.1) is 6.61 Å². The van der Waals surface area contributed by atoms with Gasteiger partial charge in [-0.1, -0.05) is 6.92 Å². The van der Waals surface area contributed by atoms with Crippen LogP contribution >= 0.6 is 0 Å². The third-order valence-corrected chi connectivity index (χ3v) is 2.60. The normalized spacial score (nSPS) is 11.0. The molecule has 0 saturated carbocycles. The molecule has 0 atom stereocenters. The van der Waals surface area contributed by atoms with Crippen molar-refractivity contribution in [2.75, 3.05) is 24.2 Å². The minimum absolute atomic E-state index is 0.0290. The van der Waals surface area contributed by atoms with E-state index in [0.717, 1.165) is 17.9 Å². The van der Waals surface area contributed by atoms with Gasteiger partial charge in [-0.25, -0.2) is 0 Å². The second kappa shape index (κ2) is 7.76. The quantitative estimate of drug-likeness (QED) is 0.676. The van der Waals surface area contributed by atoms with Crippen LogP contribution in [0.3, 0.4) is 0 Å². The van der Waals surface area contributed by atoms with Crippen LogP contribution in [0.4, 0.5) is 11.4 Å². The molecule has 0 saturated heterocycles. The molecule has 0 aliphatic carbocycles. The van der Waals surface area contributed by atoms with Gasteiger partial charge in [-0.3, -0.25) is 4.79 Å². The molecule has 4 N–H and O–H groups in total. The Morgan fingerprint density at radius 3 is 2.62 bits per heavy atom. The maximum absolute atomic E-state index is 11.7. The van der Waals surface area contributed by atoms with E-state index < -0.39 is 0 Å². The number of benzene rings is 1. The van der Waals surface area contributed by atoms with Crippen molar-refractivity contribution in [1.82, 2.24) is 5.32 Å². The molecule has 0 radical (unpaired) electrons. The topological polar surface area (TPSA) is 76.4 Å². The summed E-state index contributed by atoms with van der Waals surface area (Å²) in [5.74, 6) is 0.778. The number of amides is 1. The van der Waals surface area contributed by atoms with Crippen LogP contribution in [-0.4, -0.2) is 24.6 Å². The summed E-state index contributed by atoms with van der Waals surface area (Å²) in [4.78, 5) is 11.7. The van der Waals surface area contributed by atoms with Crippen molar-refractivity contribution in [3.8, 4) is 5.75 Å². The van der Waals surface area contributed by atoms with E-state index in [1.54, 1.807) is 6.07 Å². The van der Waals surface area contributed by atoms with E-state index in [0.29, 0.717) is 25.3 Å². The summed E-state index contributed by atoms with van der Waals surface area (Å²) in [5, 5.41) is 6.13. The van der Waals surface area contributed by atoms with Gasteiger partial charge in [-0.15, -0.1) is 0 Å². The molecule has 0 aromatic heterocycles. The monoisotopic (exact) mass is 293 g/mol. The fraction of sp³-hybridized carbons (Fsp3) is 0.562. The molecular weight excluding hydrogens is 266 g/mol. The van der Waals surface area contributed by atoms with Crippen LogP contribution in [0.2, 0.25) is 0 Å². The summed E-state index contributed by atoms with van der Waals surface area (Å²) < 4.78 is 5.57. The number of nitrogens with two attached hydrogens (primary N) is 1. The van der Waals surface area contributed by atoms with Crippen LogP contribution in [0.15, 0.2) is 18.2 Å². The van der Waals surface area contributed by atoms with Gasteiger partial charge in [0.15, 0.2) is 0 Å². The van der Waals surface area contributed by atoms with E-state index in [4.69, 9.17) is 10.5 Å². The van der Waals surface area contributed by atoms with Crippen molar-refractivity contribution in [2.24, 2.45) is 0 Å². The van der Waals surface area contributed by atoms with Gasteiger partial charge in [0, 0.05) is 42.0 Å². The molecule has 5 heteroatoms. The Kier molecular flexibility index (Phi) is 6.34. The van der Waals surface area contributed by atoms with E-state index >= 15 is 0 Å². The van der Waals surface area contributed by atoms with Gasteiger partial charge in [0.1, 0.15) is 5.75 Å². The van der Waals surface area contributed by atoms with Gasteiger partial charge >= 0.3 is 0 Å². The van der Waals surface area contributed by atoms with E-state index in [9.17, 15) is 4.79 Å². The molecule has 118 valence electrons. The first kappa shape index (κ1) is 17.1. The SMILES string of the molecule is CCCOc1cc(N)cc(NCCC(=O)NC(C)(C)C)c1. The van der Waals surface area contributed by atoms with Crippen molar-refractivity contribution in [1.29, 1.82) is 0 Å². The number of hydrogen-bond donors (Lipinski definition) is 3. The van der Waals surface area contributed by atoms with Crippen LogP contribution in [-0.2, 0) is 4.79 Å². The minimum atomic E-state index is -0.199. The zero-order chi connectivity index (χ0) is 15.9. The van der Waals surface area contributed by atoms with Crippen molar-refractivity contribution >= 4 is 17.3 Å². The Balaban J connectivity index is 2.48. The lowest BCUT2D eigenvalue weighted by atomic mass is 10.1. The number of anilines is 2. The first-order chi connectivity index (χ1) is 9.80. The van der Waals surface area contributed by atoms with E-state index in [-0.39, 0.29) is 11.4 Å². The highest BCUT2D eigenvalue weighted by atomic mass is 16.5. The van der Waals surface area contributed by atoms with E-state index in [1.807, 2.05) is 32.9 Å². The highest BCUT2D eigenvalue weighted by molar-refractivity contribution is 5.77. The summed E-state index contributed by atoms with van der Waals surface area (Å²) in [6.07, 6.45) is 1.36. The van der Waals surface area contributed by atoms with Crippen molar-refractivity contribution in [2.45, 2.75) is 46.1 Å². The Morgan fingerprint density at radius 2 is 2.00 bits per heavy atom. The first-order valence-electron chi connectivity index (χ1n) is 7.38. The molecule has 0 aliphatic heterocycles. The largest absolute Gasteiger partial charge is 0.493 e. The molecule has 21 heavy (non-hydrogen) atoms. The van der Waals surface area contributed by atoms with Gasteiger partial charge in [0.2, 0.25) is 5.91 Å². The maximum Gasteiger partial charge on any atom is 0.222 e. The van der Waals surface area contributed by atoms with Crippen LogP contribution in [0.1, 0.15) is 40.5 Å². The number of rotatable bonds is 7. The van der Waals surface area contributed by atoms with E-state index in [2.05, 4.69) is 17.6 Å². The smallest absolute Gasteiger partial charge is 0.222 e. The first-order valence-corrected chi connectivity index (χ1v) is 7.38. The molecule has 5 nitrogen and oxygen atoms in total. The number of carbonyl (C=O) groups excluding carboxylic acids is 1. The predicted octanol–water partition coefficient (Wildman–Crippen LogP) is 2.77. The molecule has 0 spiro atoms. The molecule has 0 heterocycles. The van der Waals surface area contributed by atoms with Crippen LogP contribution in [0.5, 0.6) is 5.75 Å². The highest BCUT2D eigenvalue weighted by Crippen LogP contribution is 2.22. The Hall–Kier alpha value is -1.91. The number of nitrogen functional groups attached to an aromatic ring is 1. The van der Waals surface area contributed by atoms with Gasteiger partial charge in [-0.05, 0) is 33.3 Å². The number of ether oxygens (including phenoxy) is 1.